The number of allylic oxidation sites excluding steroid dienone is 1. The Balaban J connectivity index is 2.54. The number of aliphatic hydroxyl groups is 1. The molecule has 2 rings (SSSR count). The second kappa shape index (κ2) is 4.19. The van der Waals surface area contributed by atoms with Gasteiger partial charge in [-0.3, -0.25) is 9.59 Å². The number of ether oxygens (including phenoxy) is 1. The van der Waals surface area contributed by atoms with Crippen LogP contribution in [0.4, 0.5) is 0 Å². The molecular formula is C14H20O4. The fourth-order valence-electron chi connectivity index (χ4n) is 3.41. The first-order chi connectivity index (χ1) is 8.37. The quantitative estimate of drug-likeness (QED) is 0.569. The number of esters is 1. The summed E-state index contributed by atoms with van der Waals surface area (Å²) < 4.78 is 4.84. The average molecular weight is 252 g/mol. The zero-order chi connectivity index (χ0) is 13.6. The van der Waals surface area contributed by atoms with Gasteiger partial charge < -0.3 is 9.84 Å². The summed E-state index contributed by atoms with van der Waals surface area (Å²) >= 11 is 0. The molecule has 2 aliphatic carbocycles. The number of Topliss-reactive ketones (excluding diaryl/α,β-unsaturated/α-hetero) is 1. The molecule has 4 nitrogen and oxygen atoms in total. The van der Waals surface area contributed by atoms with E-state index in [1.165, 1.54) is 7.11 Å². The zero-order valence-corrected chi connectivity index (χ0v) is 11.2. The number of aliphatic hydroxyl groups excluding tert-OH is 1. The topological polar surface area (TPSA) is 63.6 Å². The Morgan fingerprint density at radius 1 is 1.50 bits per heavy atom. The van der Waals surface area contributed by atoms with E-state index in [1.807, 2.05) is 13.0 Å². The van der Waals surface area contributed by atoms with Crippen LogP contribution in [0.2, 0.25) is 0 Å². The van der Waals surface area contributed by atoms with Crippen molar-refractivity contribution in [3.8, 4) is 0 Å². The molecule has 0 spiro atoms. The molecule has 1 N–H and O–H groups in total. The van der Waals surface area contributed by atoms with E-state index in [0.29, 0.717) is 25.7 Å². The van der Waals surface area contributed by atoms with Crippen molar-refractivity contribution < 1.29 is 19.4 Å². The smallest absolute Gasteiger partial charge is 0.318 e. The second-order valence-corrected chi connectivity index (χ2v) is 5.66. The van der Waals surface area contributed by atoms with Crippen LogP contribution in [0.25, 0.3) is 0 Å². The first kappa shape index (κ1) is 13.3. The molecule has 0 aliphatic heterocycles. The minimum absolute atomic E-state index is 0.169. The van der Waals surface area contributed by atoms with Crippen LogP contribution in [0.1, 0.15) is 39.5 Å². The fourth-order valence-corrected chi connectivity index (χ4v) is 3.41. The molecular weight excluding hydrogens is 232 g/mol. The summed E-state index contributed by atoms with van der Waals surface area (Å²) in [6.07, 6.45) is 3.38. The van der Waals surface area contributed by atoms with Gasteiger partial charge in [0.1, 0.15) is 11.2 Å². The number of hydrogen-bond donors (Lipinski definition) is 1. The highest BCUT2D eigenvalue weighted by Crippen LogP contribution is 2.54. The maximum absolute atomic E-state index is 12.2. The van der Waals surface area contributed by atoms with Crippen molar-refractivity contribution in [1.82, 2.24) is 0 Å². The van der Waals surface area contributed by atoms with E-state index in [9.17, 15) is 14.7 Å². The Hall–Kier alpha value is -1.16. The van der Waals surface area contributed by atoms with Crippen LogP contribution in [0, 0.1) is 10.8 Å². The molecule has 0 heterocycles. The Kier molecular flexibility index (Phi) is 3.09. The largest absolute Gasteiger partial charge is 0.468 e. The third-order valence-electron chi connectivity index (χ3n) is 4.68. The third-order valence-corrected chi connectivity index (χ3v) is 4.68. The average Bonchev–Trinajstić information content (AvgIpc) is 2.36. The van der Waals surface area contributed by atoms with E-state index in [-0.39, 0.29) is 5.78 Å². The lowest BCUT2D eigenvalue weighted by Crippen LogP contribution is -2.53. The first-order valence-electron chi connectivity index (χ1n) is 6.38. The molecule has 18 heavy (non-hydrogen) atoms. The Bertz CT molecular complexity index is 426. The van der Waals surface area contributed by atoms with E-state index in [0.717, 1.165) is 5.57 Å². The van der Waals surface area contributed by atoms with Crippen molar-refractivity contribution in [1.29, 1.82) is 0 Å². The number of methoxy groups -OCH3 is 1. The minimum Gasteiger partial charge on any atom is -0.468 e. The summed E-state index contributed by atoms with van der Waals surface area (Å²) in [5.41, 5.74) is -0.949. The van der Waals surface area contributed by atoms with Gasteiger partial charge in [0.25, 0.3) is 0 Å². The molecule has 0 unspecified atom stereocenters. The highest BCUT2D eigenvalue weighted by Gasteiger charge is 2.57. The first-order valence-corrected chi connectivity index (χ1v) is 6.38. The highest BCUT2D eigenvalue weighted by molar-refractivity contribution is 5.93. The Labute approximate surface area is 107 Å². The number of hydrogen-bond acceptors (Lipinski definition) is 4. The van der Waals surface area contributed by atoms with Crippen molar-refractivity contribution in [3.05, 3.63) is 11.6 Å². The van der Waals surface area contributed by atoms with Crippen LogP contribution in [0.15, 0.2) is 11.6 Å². The number of fused-ring (bicyclic) bond motifs is 1. The van der Waals surface area contributed by atoms with Crippen LogP contribution in [-0.4, -0.2) is 30.1 Å². The van der Waals surface area contributed by atoms with Crippen molar-refractivity contribution in [2.24, 2.45) is 10.8 Å². The number of carbonyl (C=O) groups is 2. The lowest BCUT2D eigenvalue weighted by Gasteiger charge is -2.49. The lowest BCUT2D eigenvalue weighted by molar-refractivity contribution is -0.160. The van der Waals surface area contributed by atoms with Crippen molar-refractivity contribution in [2.45, 2.75) is 45.6 Å². The second-order valence-electron chi connectivity index (χ2n) is 5.66. The van der Waals surface area contributed by atoms with Gasteiger partial charge in [-0.2, -0.15) is 0 Å². The molecule has 3 atom stereocenters. The molecule has 4 heteroatoms. The van der Waals surface area contributed by atoms with Gasteiger partial charge in [-0.1, -0.05) is 6.08 Å². The fraction of sp³-hybridized carbons (Fsp3) is 0.714. The van der Waals surface area contributed by atoms with Gasteiger partial charge >= 0.3 is 5.97 Å². The van der Waals surface area contributed by atoms with Crippen LogP contribution >= 0.6 is 0 Å². The van der Waals surface area contributed by atoms with Gasteiger partial charge in [0.15, 0.2) is 0 Å². The minimum atomic E-state index is -1.09. The van der Waals surface area contributed by atoms with Gasteiger partial charge in [-0.15, -0.1) is 0 Å². The van der Waals surface area contributed by atoms with Crippen molar-refractivity contribution in [2.75, 3.05) is 7.11 Å². The molecule has 100 valence electrons. The van der Waals surface area contributed by atoms with Crippen LogP contribution < -0.4 is 0 Å². The van der Waals surface area contributed by atoms with Gasteiger partial charge in [-0.25, -0.2) is 0 Å². The van der Waals surface area contributed by atoms with E-state index >= 15 is 0 Å². The van der Waals surface area contributed by atoms with Crippen LogP contribution in [0.3, 0.4) is 0 Å². The molecule has 0 saturated heterocycles. The lowest BCUT2D eigenvalue weighted by atomic mass is 9.54. The van der Waals surface area contributed by atoms with Gasteiger partial charge in [-0.05, 0) is 38.7 Å². The predicted octanol–water partition coefficient (Wildman–Crippen LogP) is 1.62. The van der Waals surface area contributed by atoms with E-state index in [4.69, 9.17) is 4.74 Å². The van der Waals surface area contributed by atoms with Gasteiger partial charge in [0.05, 0.1) is 13.2 Å². The molecule has 0 bridgehead atoms. The third kappa shape index (κ3) is 1.55. The van der Waals surface area contributed by atoms with E-state index in [2.05, 4.69) is 0 Å². The molecule has 0 amide bonds. The molecule has 0 aromatic carbocycles. The summed E-state index contributed by atoms with van der Waals surface area (Å²) in [5, 5.41) is 10.2. The molecule has 0 aromatic heterocycles. The normalized spacial score (nSPS) is 39.9. The summed E-state index contributed by atoms with van der Waals surface area (Å²) in [4.78, 5) is 24.2. The maximum atomic E-state index is 12.2. The van der Waals surface area contributed by atoms with Crippen LogP contribution in [0.5, 0.6) is 0 Å². The zero-order valence-electron chi connectivity index (χ0n) is 11.2. The summed E-state index contributed by atoms with van der Waals surface area (Å²) in [6, 6.07) is 0. The highest BCUT2D eigenvalue weighted by atomic mass is 16.5. The Morgan fingerprint density at radius 2 is 2.17 bits per heavy atom. The Morgan fingerprint density at radius 3 is 2.78 bits per heavy atom. The van der Waals surface area contributed by atoms with Crippen molar-refractivity contribution in [3.63, 3.8) is 0 Å². The van der Waals surface area contributed by atoms with Gasteiger partial charge in [0.2, 0.25) is 0 Å². The van der Waals surface area contributed by atoms with Gasteiger partial charge in [0, 0.05) is 11.8 Å². The summed E-state index contributed by atoms with van der Waals surface area (Å²) in [6.45, 7) is 3.57. The SMILES string of the molecule is COC(=O)[C@]1(C)C2=CCCC(=O)[C@@]2(C)CC[C@@H]1O. The molecule has 0 aromatic rings. The summed E-state index contributed by atoms with van der Waals surface area (Å²) in [7, 11) is 1.32. The molecule has 0 radical (unpaired) electrons. The molecule has 2 aliphatic rings. The van der Waals surface area contributed by atoms with Crippen molar-refractivity contribution >= 4 is 11.8 Å². The maximum Gasteiger partial charge on any atom is 0.318 e. The predicted molar refractivity (Wildman–Crippen MR) is 65.8 cm³/mol. The summed E-state index contributed by atoms with van der Waals surface area (Å²) in [5.74, 6) is -0.288. The van der Waals surface area contributed by atoms with E-state index in [1.54, 1.807) is 6.92 Å². The molecule has 1 fully saturated rings. The number of ketones is 1. The van der Waals surface area contributed by atoms with E-state index < -0.39 is 22.9 Å². The monoisotopic (exact) mass is 252 g/mol. The van der Waals surface area contributed by atoms with Crippen LogP contribution in [-0.2, 0) is 14.3 Å². The standard InChI is InChI=1S/C14H20O4/c1-13-8-7-11(16)14(2,12(17)18-3)9(13)5-4-6-10(13)15/h5,11,16H,4,6-8H2,1-3H3/t11-,13-,14+/m0/s1. The number of rotatable bonds is 1. The number of carbonyl (C=O) groups excluding carboxylic acids is 2. The molecule has 1 saturated carbocycles.